The van der Waals surface area contributed by atoms with E-state index in [0.717, 1.165) is 22.3 Å². The van der Waals surface area contributed by atoms with Gasteiger partial charge < -0.3 is 0 Å². The number of nitrogens with zero attached hydrogens (tertiary/aromatic N) is 3. The van der Waals surface area contributed by atoms with Crippen molar-refractivity contribution >= 4 is 33.5 Å². The van der Waals surface area contributed by atoms with E-state index in [-0.39, 0.29) is 29.0 Å². The molecule has 0 bridgehead atoms. The number of nitro groups is 1. The number of hydrogen-bond acceptors (Lipinski definition) is 6. The first-order valence-electron chi connectivity index (χ1n) is 9.45. The Hall–Kier alpha value is -4.05. The molecule has 3 aromatic rings. The summed E-state index contributed by atoms with van der Waals surface area (Å²) in [5.74, 6) is -0.655. The van der Waals surface area contributed by atoms with E-state index in [2.05, 4.69) is 10.5 Å². The molecule has 0 radical (unpaired) electrons. The minimum absolute atomic E-state index is 0.0451. The second kappa shape index (κ2) is 9.84. The molecule has 3 aromatic carbocycles. The lowest BCUT2D eigenvalue weighted by atomic mass is 10.1. The fourth-order valence-electron chi connectivity index (χ4n) is 3.00. The number of hydrazone groups is 1. The monoisotopic (exact) mass is 452 g/mol. The summed E-state index contributed by atoms with van der Waals surface area (Å²) in [7, 11) is -3.71. The van der Waals surface area contributed by atoms with Crippen LogP contribution in [0.15, 0.2) is 84.0 Å². The van der Waals surface area contributed by atoms with Gasteiger partial charge in [0.1, 0.15) is 0 Å². The highest BCUT2D eigenvalue weighted by Crippen LogP contribution is 2.25. The van der Waals surface area contributed by atoms with Crippen LogP contribution in [-0.2, 0) is 16.6 Å². The first-order chi connectivity index (χ1) is 15.3. The van der Waals surface area contributed by atoms with Gasteiger partial charge in [-0.25, -0.2) is 13.8 Å². The molecule has 1 N–H and O–H groups in total. The molecule has 0 spiro atoms. The molecule has 0 unspecified atom stereocenters. The van der Waals surface area contributed by atoms with Crippen LogP contribution in [0, 0.1) is 10.1 Å². The van der Waals surface area contributed by atoms with Gasteiger partial charge in [0.2, 0.25) is 10.0 Å². The number of nitrogens with one attached hydrogen (secondary N) is 1. The van der Waals surface area contributed by atoms with Crippen molar-refractivity contribution in [2.24, 2.45) is 5.10 Å². The van der Waals surface area contributed by atoms with Crippen LogP contribution in [0.25, 0.3) is 0 Å². The van der Waals surface area contributed by atoms with E-state index < -0.39 is 20.9 Å². The molecule has 0 saturated heterocycles. The summed E-state index contributed by atoms with van der Waals surface area (Å²) >= 11 is 0. The Balaban J connectivity index is 1.88. The van der Waals surface area contributed by atoms with Crippen molar-refractivity contribution in [1.29, 1.82) is 0 Å². The standard InChI is InChI=1S/C22H20N4O5S/c1-32(30,31)25(16-17-9-3-2-4-10-17)21-14-8-6-12-19(21)22(27)24-23-15-18-11-5-7-13-20(18)26(28)29/h2-15H,16H2,1H3,(H,24,27)/b23-15+. The molecule has 0 heterocycles. The van der Waals surface area contributed by atoms with E-state index in [4.69, 9.17) is 0 Å². The van der Waals surface area contributed by atoms with Crippen LogP contribution in [0.2, 0.25) is 0 Å². The zero-order valence-electron chi connectivity index (χ0n) is 17.1. The smallest absolute Gasteiger partial charge is 0.267 e. The number of carbonyl (C=O) groups is 1. The highest BCUT2D eigenvalue weighted by molar-refractivity contribution is 7.92. The van der Waals surface area contributed by atoms with Crippen LogP contribution in [0.4, 0.5) is 11.4 Å². The fraction of sp³-hybridized carbons (Fsp3) is 0.0909. The van der Waals surface area contributed by atoms with Gasteiger partial charge in [-0.1, -0.05) is 54.6 Å². The van der Waals surface area contributed by atoms with Crippen LogP contribution >= 0.6 is 0 Å². The Morgan fingerprint density at radius 2 is 1.66 bits per heavy atom. The van der Waals surface area contributed by atoms with Gasteiger partial charge in [-0.15, -0.1) is 0 Å². The minimum Gasteiger partial charge on any atom is -0.267 e. The molecule has 10 heteroatoms. The van der Waals surface area contributed by atoms with Crippen molar-refractivity contribution in [1.82, 2.24) is 5.43 Å². The average Bonchev–Trinajstić information content (AvgIpc) is 2.77. The molecule has 0 fully saturated rings. The van der Waals surface area contributed by atoms with Gasteiger partial charge in [0.25, 0.3) is 11.6 Å². The number of rotatable bonds is 8. The first kappa shape index (κ1) is 22.6. The van der Waals surface area contributed by atoms with Crippen LogP contribution in [0.3, 0.4) is 0 Å². The highest BCUT2D eigenvalue weighted by atomic mass is 32.2. The molecule has 164 valence electrons. The lowest BCUT2D eigenvalue weighted by Crippen LogP contribution is -2.32. The molecule has 0 aliphatic heterocycles. The summed E-state index contributed by atoms with van der Waals surface area (Å²) in [5.41, 5.74) is 3.41. The summed E-state index contributed by atoms with van der Waals surface area (Å²) in [4.78, 5) is 23.3. The Bertz CT molecular complexity index is 1260. The van der Waals surface area contributed by atoms with Gasteiger partial charge in [-0.05, 0) is 23.8 Å². The zero-order chi connectivity index (χ0) is 23.1. The maximum absolute atomic E-state index is 12.8. The van der Waals surface area contributed by atoms with Crippen LogP contribution in [0.1, 0.15) is 21.5 Å². The van der Waals surface area contributed by atoms with E-state index in [9.17, 15) is 23.3 Å². The first-order valence-corrected chi connectivity index (χ1v) is 11.3. The second-order valence-corrected chi connectivity index (χ2v) is 8.69. The van der Waals surface area contributed by atoms with Crippen LogP contribution < -0.4 is 9.73 Å². The summed E-state index contributed by atoms with van der Waals surface area (Å²) in [6, 6.07) is 21.2. The summed E-state index contributed by atoms with van der Waals surface area (Å²) in [6.45, 7) is 0.0451. The predicted octanol–water partition coefficient (Wildman–Crippen LogP) is 3.32. The van der Waals surface area contributed by atoms with E-state index in [1.54, 1.807) is 42.5 Å². The van der Waals surface area contributed by atoms with Gasteiger partial charge in [-0.2, -0.15) is 5.10 Å². The SMILES string of the molecule is CS(=O)(=O)N(Cc1ccccc1)c1ccccc1C(=O)N/N=C/c1ccccc1[N+](=O)[O-]. The molecule has 9 nitrogen and oxygen atoms in total. The van der Waals surface area contributed by atoms with Crippen molar-refractivity contribution in [3.8, 4) is 0 Å². The number of sulfonamides is 1. The van der Waals surface area contributed by atoms with E-state index in [1.807, 2.05) is 6.07 Å². The Labute approximate surface area is 185 Å². The molecule has 32 heavy (non-hydrogen) atoms. The van der Waals surface area contributed by atoms with Gasteiger partial charge >= 0.3 is 0 Å². The number of amides is 1. The fourth-order valence-corrected chi connectivity index (χ4v) is 3.90. The largest absolute Gasteiger partial charge is 0.278 e. The lowest BCUT2D eigenvalue weighted by Gasteiger charge is -2.24. The lowest BCUT2D eigenvalue weighted by molar-refractivity contribution is -0.385. The molecule has 3 rings (SSSR count). The molecule has 0 saturated carbocycles. The Morgan fingerprint density at radius 3 is 2.34 bits per heavy atom. The topological polar surface area (TPSA) is 122 Å². The second-order valence-electron chi connectivity index (χ2n) is 6.79. The minimum atomic E-state index is -3.71. The van der Waals surface area contributed by atoms with E-state index >= 15 is 0 Å². The van der Waals surface area contributed by atoms with Crippen molar-refractivity contribution in [3.63, 3.8) is 0 Å². The van der Waals surface area contributed by atoms with Crippen LogP contribution in [0.5, 0.6) is 0 Å². The molecular formula is C22H20N4O5S. The van der Waals surface area contributed by atoms with Crippen molar-refractivity contribution in [3.05, 3.63) is 106 Å². The van der Waals surface area contributed by atoms with Gasteiger partial charge in [0.05, 0.1) is 40.8 Å². The number of hydrogen-bond donors (Lipinski definition) is 1. The number of benzene rings is 3. The van der Waals surface area contributed by atoms with E-state index in [1.165, 1.54) is 30.3 Å². The summed E-state index contributed by atoms with van der Waals surface area (Å²) in [6.07, 6.45) is 2.23. The Kier molecular flexibility index (Phi) is 6.96. The summed E-state index contributed by atoms with van der Waals surface area (Å²) in [5, 5.41) is 14.9. The highest BCUT2D eigenvalue weighted by Gasteiger charge is 2.23. The maximum Gasteiger partial charge on any atom is 0.278 e. The molecular weight excluding hydrogens is 432 g/mol. The number of anilines is 1. The number of carbonyl (C=O) groups excluding carboxylic acids is 1. The summed E-state index contributed by atoms with van der Waals surface area (Å²) < 4.78 is 26.2. The molecule has 1 amide bonds. The molecule has 0 aromatic heterocycles. The van der Waals surface area contributed by atoms with Crippen LogP contribution in [-0.4, -0.2) is 31.7 Å². The average molecular weight is 452 g/mol. The Morgan fingerprint density at radius 1 is 1.03 bits per heavy atom. The van der Waals surface area contributed by atoms with Gasteiger partial charge in [0.15, 0.2) is 0 Å². The van der Waals surface area contributed by atoms with Gasteiger partial charge in [0, 0.05) is 6.07 Å². The third kappa shape index (κ3) is 5.55. The predicted molar refractivity (Wildman–Crippen MR) is 122 cm³/mol. The van der Waals surface area contributed by atoms with E-state index in [0.29, 0.717) is 0 Å². The molecule has 0 aliphatic carbocycles. The quantitative estimate of drug-likeness (QED) is 0.319. The zero-order valence-corrected chi connectivity index (χ0v) is 17.9. The maximum atomic E-state index is 12.8. The van der Waals surface area contributed by atoms with Crippen molar-refractivity contribution in [2.75, 3.05) is 10.6 Å². The molecule has 0 aliphatic rings. The third-order valence-electron chi connectivity index (χ3n) is 4.49. The number of nitro benzene ring substituents is 1. The van der Waals surface area contributed by atoms with Crippen molar-refractivity contribution < 1.29 is 18.1 Å². The number of para-hydroxylation sites is 2. The normalized spacial score (nSPS) is 11.3. The van der Waals surface area contributed by atoms with Gasteiger partial charge in [-0.3, -0.25) is 19.2 Å². The third-order valence-corrected chi connectivity index (χ3v) is 5.62. The molecule has 0 atom stereocenters. The van der Waals surface area contributed by atoms with Crippen molar-refractivity contribution in [2.45, 2.75) is 6.54 Å².